The summed E-state index contributed by atoms with van der Waals surface area (Å²) in [6.07, 6.45) is 0. The van der Waals surface area contributed by atoms with Crippen LogP contribution in [0.5, 0.6) is 0 Å². The lowest BCUT2D eigenvalue weighted by Gasteiger charge is -2.15. The van der Waals surface area contributed by atoms with E-state index in [2.05, 4.69) is 241 Å². The third-order valence-corrected chi connectivity index (χ3v) is 13.2. The normalized spacial score (nSPS) is 11.6. The predicted molar refractivity (Wildman–Crippen MR) is 279 cm³/mol. The molecule has 312 valence electrons. The molecule has 67 heavy (non-hydrogen) atoms. The number of nitrogens with zero attached hydrogens (tertiary/aromatic N) is 4. The van der Waals surface area contributed by atoms with Crippen molar-refractivity contribution >= 4 is 54.1 Å². The molecule has 13 aromatic rings. The second-order valence-electron chi connectivity index (χ2n) is 17.2. The Hall–Kier alpha value is -8.99. The van der Waals surface area contributed by atoms with Crippen molar-refractivity contribution in [1.29, 1.82) is 0 Å². The monoisotopic (exact) mass is 852 g/mol. The minimum Gasteiger partial charge on any atom is -0.309 e. The Balaban J connectivity index is 0.943. The Kier molecular flexibility index (Phi) is 9.14. The molecule has 0 radical (unpaired) electrons. The van der Waals surface area contributed by atoms with E-state index in [4.69, 9.17) is 15.0 Å². The Morgan fingerprint density at radius 3 is 1.48 bits per heavy atom. The molecule has 0 fully saturated rings. The molecule has 0 atom stereocenters. The zero-order chi connectivity index (χ0) is 44.3. The lowest BCUT2D eigenvalue weighted by molar-refractivity contribution is 1.07. The van der Waals surface area contributed by atoms with Gasteiger partial charge in [-0.05, 0) is 114 Å². The molecule has 0 bridgehead atoms. The first-order valence-corrected chi connectivity index (χ1v) is 22.8. The van der Waals surface area contributed by atoms with E-state index in [-0.39, 0.29) is 0 Å². The fraction of sp³-hybridized carbons (Fsp3) is 0. The second kappa shape index (κ2) is 15.9. The number of hydrogen-bond donors (Lipinski definition) is 0. The quantitative estimate of drug-likeness (QED) is 0.118. The highest BCUT2D eigenvalue weighted by Gasteiger charge is 2.18. The van der Waals surface area contributed by atoms with Crippen molar-refractivity contribution in [2.24, 2.45) is 0 Å². The van der Waals surface area contributed by atoms with Crippen LogP contribution in [0.2, 0.25) is 0 Å². The van der Waals surface area contributed by atoms with Crippen LogP contribution < -0.4 is 0 Å². The van der Waals surface area contributed by atoms with Gasteiger partial charge in [0.2, 0.25) is 0 Å². The average Bonchev–Trinajstić information content (AvgIpc) is 3.74. The largest absolute Gasteiger partial charge is 0.309 e. The lowest BCUT2D eigenvalue weighted by Crippen LogP contribution is -2.00. The standard InChI is InChI=1S/C63H40N4/c1-3-15-41(16-4-1)45-19-13-21-49(37-45)62-64-61(44-31-29-43(30-32-44)60-53-26-10-8-18-48(53)40-56-52-25-9-7-17-42(52)33-35-55(56)60)65-63(66-62)50-22-14-20-46(38-50)47-34-36-59-57(39-47)54-27-11-12-28-58(54)67(59)51-23-5-2-6-24-51/h1-40H. The average molecular weight is 853 g/mol. The van der Waals surface area contributed by atoms with Gasteiger partial charge in [-0.15, -0.1) is 0 Å². The molecular formula is C63H40N4. The van der Waals surface area contributed by atoms with Crippen molar-refractivity contribution in [3.63, 3.8) is 0 Å². The van der Waals surface area contributed by atoms with Crippen molar-refractivity contribution in [3.8, 4) is 73.2 Å². The van der Waals surface area contributed by atoms with E-state index in [0.29, 0.717) is 17.5 Å². The van der Waals surface area contributed by atoms with Crippen LogP contribution in [0.4, 0.5) is 0 Å². The molecule has 0 aliphatic heterocycles. The molecule has 0 N–H and O–H groups in total. The van der Waals surface area contributed by atoms with Gasteiger partial charge in [-0.25, -0.2) is 15.0 Å². The molecule has 2 aromatic heterocycles. The summed E-state index contributed by atoms with van der Waals surface area (Å²) in [6, 6.07) is 86.5. The minimum atomic E-state index is 0.615. The van der Waals surface area contributed by atoms with Crippen LogP contribution in [0.3, 0.4) is 0 Å². The molecule has 4 nitrogen and oxygen atoms in total. The number of fused-ring (bicyclic) bond motifs is 7. The molecule has 2 heterocycles. The van der Waals surface area contributed by atoms with Crippen molar-refractivity contribution in [2.45, 2.75) is 0 Å². The molecule has 0 saturated carbocycles. The molecule has 0 unspecified atom stereocenters. The van der Waals surface area contributed by atoms with Crippen molar-refractivity contribution in [3.05, 3.63) is 243 Å². The van der Waals surface area contributed by atoms with Gasteiger partial charge in [0, 0.05) is 33.2 Å². The number of hydrogen-bond acceptors (Lipinski definition) is 3. The fourth-order valence-electron chi connectivity index (χ4n) is 9.99. The molecular weight excluding hydrogens is 813 g/mol. The Morgan fingerprint density at radius 2 is 0.746 bits per heavy atom. The summed E-state index contributed by atoms with van der Waals surface area (Å²) < 4.78 is 2.35. The van der Waals surface area contributed by atoms with Crippen molar-refractivity contribution < 1.29 is 0 Å². The van der Waals surface area contributed by atoms with E-state index in [1.165, 1.54) is 59.7 Å². The third kappa shape index (κ3) is 6.74. The number of benzene rings is 11. The van der Waals surface area contributed by atoms with Gasteiger partial charge in [-0.1, -0.05) is 194 Å². The van der Waals surface area contributed by atoms with E-state index in [0.717, 1.165) is 50.2 Å². The number of para-hydroxylation sites is 2. The Bertz CT molecular complexity index is 4020. The maximum Gasteiger partial charge on any atom is 0.164 e. The minimum absolute atomic E-state index is 0.615. The summed E-state index contributed by atoms with van der Waals surface area (Å²) in [7, 11) is 0. The topological polar surface area (TPSA) is 43.6 Å². The van der Waals surface area contributed by atoms with E-state index in [9.17, 15) is 0 Å². The van der Waals surface area contributed by atoms with Gasteiger partial charge >= 0.3 is 0 Å². The molecule has 0 saturated heterocycles. The molecule has 0 aliphatic carbocycles. The van der Waals surface area contributed by atoms with Crippen molar-refractivity contribution in [2.75, 3.05) is 0 Å². The molecule has 4 heteroatoms. The Labute approximate surface area is 387 Å². The van der Waals surface area contributed by atoms with E-state index in [1.807, 2.05) is 6.07 Å². The molecule has 0 aliphatic rings. The summed E-state index contributed by atoms with van der Waals surface area (Å²) in [5.74, 6) is 1.85. The second-order valence-corrected chi connectivity index (χ2v) is 17.2. The highest BCUT2D eigenvalue weighted by atomic mass is 15.0. The first-order valence-electron chi connectivity index (χ1n) is 22.8. The van der Waals surface area contributed by atoms with Gasteiger partial charge in [0.15, 0.2) is 17.5 Å². The predicted octanol–water partition coefficient (Wildman–Crippen LogP) is 16.4. The van der Waals surface area contributed by atoms with Crippen LogP contribution in [0.25, 0.3) is 127 Å². The maximum atomic E-state index is 5.25. The van der Waals surface area contributed by atoms with Crippen molar-refractivity contribution in [1.82, 2.24) is 19.5 Å². The maximum absolute atomic E-state index is 5.25. The van der Waals surface area contributed by atoms with E-state index in [1.54, 1.807) is 0 Å². The molecule has 0 amide bonds. The molecule has 0 spiro atoms. The van der Waals surface area contributed by atoms with Gasteiger partial charge in [-0.2, -0.15) is 0 Å². The highest BCUT2D eigenvalue weighted by molar-refractivity contribution is 6.20. The van der Waals surface area contributed by atoms with Crippen LogP contribution in [0.15, 0.2) is 243 Å². The van der Waals surface area contributed by atoms with Gasteiger partial charge in [0.25, 0.3) is 0 Å². The van der Waals surface area contributed by atoms with Gasteiger partial charge in [-0.3, -0.25) is 0 Å². The zero-order valence-corrected chi connectivity index (χ0v) is 36.4. The first kappa shape index (κ1) is 38.5. The summed E-state index contributed by atoms with van der Waals surface area (Å²) in [6.45, 7) is 0. The van der Waals surface area contributed by atoms with E-state index >= 15 is 0 Å². The highest BCUT2D eigenvalue weighted by Crippen LogP contribution is 2.41. The summed E-state index contributed by atoms with van der Waals surface area (Å²) in [4.78, 5) is 15.7. The number of aromatic nitrogens is 4. The first-order chi connectivity index (χ1) is 33.2. The zero-order valence-electron chi connectivity index (χ0n) is 36.4. The molecule has 13 rings (SSSR count). The van der Waals surface area contributed by atoms with Crippen LogP contribution in [0.1, 0.15) is 0 Å². The number of rotatable bonds is 7. The van der Waals surface area contributed by atoms with Crippen LogP contribution in [0, 0.1) is 0 Å². The van der Waals surface area contributed by atoms with Gasteiger partial charge < -0.3 is 4.57 Å². The van der Waals surface area contributed by atoms with Gasteiger partial charge in [0.1, 0.15) is 0 Å². The third-order valence-electron chi connectivity index (χ3n) is 13.2. The van der Waals surface area contributed by atoms with Crippen LogP contribution in [-0.4, -0.2) is 19.5 Å². The summed E-state index contributed by atoms with van der Waals surface area (Å²) in [5.41, 5.74) is 13.1. The summed E-state index contributed by atoms with van der Waals surface area (Å²) >= 11 is 0. The summed E-state index contributed by atoms with van der Waals surface area (Å²) in [5, 5.41) is 9.84. The van der Waals surface area contributed by atoms with Crippen LogP contribution >= 0.6 is 0 Å². The van der Waals surface area contributed by atoms with E-state index < -0.39 is 0 Å². The Morgan fingerprint density at radius 1 is 0.239 bits per heavy atom. The van der Waals surface area contributed by atoms with Crippen LogP contribution in [-0.2, 0) is 0 Å². The molecule has 11 aromatic carbocycles. The lowest BCUT2D eigenvalue weighted by atomic mass is 9.89. The van der Waals surface area contributed by atoms with Gasteiger partial charge in [0.05, 0.1) is 11.0 Å². The fourth-order valence-corrected chi connectivity index (χ4v) is 9.99. The SMILES string of the molecule is c1ccc(-c2cccc(-c3nc(-c4ccc(-c5c6ccccc6cc6c5ccc5ccccc56)cc4)nc(-c4cccc(-c5ccc6c(c5)c5ccccc5n6-c5ccccc5)c4)n3)c2)cc1. The smallest absolute Gasteiger partial charge is 0.164 e.